The number of aromatic nitrogens is 2. The van der Waals surface area contributed by atoms with E-state index in [1.54, 1.807) is 6.92 Å². The van der Waals surface area contributed by atoms with Crippen LogP contribution < -0.4 is 5.56 Å². The molecule has 1 aromatic carbocycles. The number of hydrogen-bond donors (Lipinski definition) is 4. The number of nitrogens with zero attached hydrogens (tertiary/aromatic N) is 1. The first kappa shape index (κ1) is 17.8. The molecule has 0 aliphatic carbocycles. The van der Waals surface area contributed by atoms with Crippen molar-refractivity contribution in [3.05, 3.63) is 51.4 Å². The van der Waals surface area contributed by atoms with Crippen LogP contribution in [0.15, 0.2) is 29.1 Å². The zero-order chi connectivity index (χ0) is 19.0. The van der Waals surface area contributed by atoms with Crippen molar-refractivity contribution in [1.82, 2.24) is 9.55 Å². The second kappa shape index (κ2) is 6.68. The van der Waals surface area contributed by atoms with Gasteiger partial charge in [-0.3, -0.25) is 4.79 Å². The Kier molecular flexibility index (Phi) is 4.56. The lowest BCUT2D eigenvalue weighted by molar-refractivity contribution is 0.0691. The van der Waals surface area contributed by atoms with Gasteiger partial charge in [0.25, 0.3) is 5.56 Å². The van der Waals surface area contributed by atoms with Gasteiger partial charge in [-0.05, 0) is 30.2 Å². The molecule has 136 valence electrons. The monoisotopic (exact) mass is 356 g/mol. The van der Waals surface area contributed by atoms with Gasteiger partial charge in [-0.1, -0.05) is 13.0 Å². The van der Waals surface area contributed by atoms with Gasteiger partial charge in [0, 0.05) is 42.2 Å². The van der Waals surface area contributed by atoms with Crippen LogP contribution in [-0.2, 0) is 19.9 Å². The lowest BCUT2D eigenvalue weighted by atomic mass is 9.99. The molecule has 0 saturated carbocycles. The molecular formula is C19H20N2O5. The third-order valence-electron chi connectivity index (χ3n) is 4.66. The molecule has 0 aliphatic heterocycles. The number of aliphatic hydroxyl groups is 1. The first-order chi connectivity index (χ1) is 12.4. The van der Waals surface area contributed by atoms with Crippen LogP contribution in [0.3, 0.4) is 0 Å². The average molecular weight is 356 g/mol. The Hall–Kier alpha value is -3.06. The number of aromatic hydroxyl groups is 1. The van der Waals surface area contributed by atoms with E-state index in [-0.39, 0.29) is 6.61 Å². The number of benzene rings is 1. The maximum atomic E-state index is 12.1. The van der Waals surface area contributed by atoms with Crippen molar-refractivity contribution in [2.75, 3.05) is 6.61 Å². The highest BCUT2D eigenvalue weighted by Crippen LogP contribution is 2.32. The Balaban J connectivity index is 2.23. The summed E-state index contributed by atoms with van der Waals surface area (Å²) in [7, 11) is 1.92. The lowest BCUT2D eigenvalue weighted by Gasteiger charge is -2.12. The highest BCUT2D eigenvalue weighted by molar-refractivity contribution is 5.92. The van der Waals surface area contributed by atoms with Crippen molar-refractivity contribution >= 4 is 16.9 Å². The van der Waals surface area contributed by atoms with Gasteiger partial charge in [0.2, 0.25) is 0 Å². The van der Waals surface area contributed by atoms with Crippen molar-refractivity contribution < 1.29 is 20.1 Å². The van der Waals surface area contributed by atoms with Crippen molar-refractivity contribution in [1.29, 1.82) is 0 Å². The van der Waals surface area contributed by atoms with Crippen molar-refractivity contribution in [2.45, 2.75) is 19.8 Å². The number of nitrogens with one attached hydrogen (secondary N) is 1. The largest absolute Gasteiger partial charge is 0.506 e. The summed E-state index contributed by atoms with van der Waals surface area (Å²) in [5.41, 5.74) is 1.95. The number of aryl methyl sites for hydroxylation is 1. The van der Waals surface area contributed by atoms with E-state index >= 15 is 0 Å². The summed E-state index contributed by atoms with van der Waals surface area (Å²) >= 11 is 0. The molecule has 7 heteroatoms. The van der Waals surface area contributed by atoms with Crippen LogP contribution >= 0.6 is 0 Å². The van der Waals surface area contributed by atoms with Crippen molar-refractivity contribution in [3.63, 3.8) is 0 Å². The summed E-state index contributed by atoms with van der Waals surface area (Å²) in [4.78, 5) is 26.0. The summed E-state index contributed by atoms with van der Waals surface area (Å²) in [6.07, 6.45) is 0.895. The Morgan fingerprint density at radius 1 is 1.27 bits per heavy atom. The number of carbonyl (C=O) groups is 1. The SMILES string of the molecule is CCc1c(-c2ccc3c(c2)cc(CCO)n3C)[nH]c(=O)c(C(=O)O)c1O. The summed E-state index contributed by atoms with van der Waals surface area (Å²) in [5, 5.41) is 29.5. The number of carboxylic acid groups (broad SMARTS) is 1. The molecule has 0 saturated heterocycles. The summed E-state index contributed by atoms with van der Waals surface area (Å²) < 4.78 is 1.99. The maximum Gasteiger partial charge on any atom is 0.345 e. The molecule has 0 aliphatic rings. The fourth-order valence-electron chi connectivity index (χ4n) is 3.33. The molecule has 0 fully saturated rings. The van der Waals surface area contributed by atoms with Gasteiger partial charge in [-0.25, -0.2) is 4.79 Å². The minimum absolute atomic E-state index is 0.0504. The standard InChI is InChI=1S/C19H20N2O5/c1-3-13-16(20-18(24)15(17(13)23)19(25)26)10-4-5-14-11(8-10)9-12(6-7-22)21(14)2/h4-5,8-9,22H,3,6-7H2,1-2H3,(H,25,26)(H2,20,23,24). The van der Waals surface area contributed by atoms with Crippen LogP contribution in [0.25, 0.3) is 22.2 Å². The summed E-state index contributed by atoms with van der Waals surface area (Å²) in [6.45, 7) is 1.83. The van der Waals surface area contributed by atoms with Gasteiger partial charge in [0.15, 0.2) is 5.56 Å². The number of pyridine rings is 1. The third kappa shape index (κ3) is 2.76. The Labute approximate surface area is 149 Å². The van der Waals surface area contributed by atoms with Crippen LogP contribution in [-0.4, -0.2) is 37.4 Å². The van der Waals surface area contributed by atoms with E-state index in [4.69, 9.17) is 5.11 Å². The molecule has 0 atom stereocenters. The number of aliphatic hydroxyl groups excluding tert-OH is 1. The molecule has 3 aromatic rings. The van der Waals surface area contributed by atoms with Gasteiger partial charge in [0.1, 0.15) is 5.75 Å². The number of aromatic carboxylic acids is 1. The molecule has 4 N–H and O–H groups in total. The zero-order valence-electron chi connectivity index (χ0n) is 14.5. The minimum Gasteiger partial charge on any atom is -0.506 e. The number of fused-ring (bicyclic) bond motifs is 1. The van der Waals surface area contributed by atoms with E-state index in [9.17, 15) is 19.8 Å². The van der Waals surface area contributed by atoms with E-state index in [2.05, 4.69) is 4.98 Å². The predicted octanol–water partition coefficient (Wildman–Crippen LogP) is 2.03. The first-order valence-corrected chi connectivity index (χ1v) is 8.30. The second-order valence-electron chi connectivity index (χ2n) is 6.13. The first-order valence-electron chi connectivity index (χ1n) is 8.30. The maximum absolute atomic E-state index is 12.1. The minimum atomic E-state index is -1.46. The highest BCUT2D eigenvalue weighted by atomic mass is 16.4. The van der Waals surface area contributed by atoms with Crippen LogP contribution in [0.2, 0.25) is 0 Å². The Morgan fingerprint density at radius 3 is 2.62 bits per heavy atom. The number of H-pyrrole nitrogens is 1. The molecule has 0 bridgehead atoms. The Morgan fingerprint density at radius 2 is 2.00 bits per heavy atom. The third-order valence-corrected chi connectivity index (χ3v) is 4.66. The number of rotatable bonds is 5. The zero-order valence-corrected chi connectivity index (χ0v) is 14.5. The molecule has 3 rings (SSSR count). The smallest absolute Gasteiger partial charge is 0.345 e. The fourth-order valence-corrected chi connectivity index (χ4v) is 3.33. The topological polar surface area (TPSA) is 116 Å². The lowest BCUT2D eigenvalue weighted by Crippen LogP contribution is -2.20. The normalized spacial score (nSPS) is 11.2. The van der Waals surface area contributed by atoms with E-state index in [0.717, 1.165) is 16.6 Å². The molecule has 0 radical (unpaired) electrons. The van der Waals surface area contributed by atoms with Crippen LogP contribution in [0.5, 0.6) is 5.75 Å². The summed E-state index contributed by atoms with van der Waals surface area (Å²) in [6, 6.07) is 7.55. The van der Waals surface area contributed by atoms with Crippen molar-refractivity contribution in [3.8, 4) is 17.0 Å². The van der Waals surface area contributed by atoms with Gasteiger partial charge < -0.3 is 24.9 Å². The molecule has 7 nitrogen and oxygen atoms in total. The van der Waals surface area contributed by atoms with Crippen LogP contribution in [0.4, 0.5) is 0 Å². The quantitative estimate of drug-likeness (QED) is 0.558. The number of hydrogen-bond acceptors (Lipinski definition) is 4. The molecule has 2 aromatic heterocycles. The van der Waals surface area contributed by atoms with Crippen molar-refractivity contribution in [2.24, 2.45) is 7.05 Å². The molecule has 0 amide bonds. The van der Waals surface area contributed by atoms with Gasteiger partial charge in [-0.15, -0.1) is 0 Å². The Bertz CT molecular complexity index is 1060. The molecule has 26 heavy (non-hydrogen) atoms. The van der Waals surface area contributed by atoms with E-state index in [1.807, 2.05) is 35.9 Å². The number of carboxylic acids is 1. The van der Waals surface area contributed by atoms with E-state index in [0.29, 0.717) is 29.7 Å². The fraction of sp³-hybridized carbons (Fsp3) is 0.263. The molecule has 0 unspecified atom stereocenters. The molecule has 2 heterocycles. The summed E-state index contributed by atoms with van der Waals surface area (Å²) in [5.74, 6) is -1.95. The van der Waals surface area contributed by atoms with Gasteiger partial charge in [-0.2, -0.15) is 0 Å². The number of aromatic amines is 1. The van der Waals surface area contributed by atoms with E-state index < -0.39 is 22.8 Å². The van der Waals surface area contributed by atoms with Crippen LogP contribution in [0.1, 0.15) is 28.5 Å². The predicted molar refractivity (Wildman–Crippen MR) is 97.8 cm³/mol. The van der Waals surface area contributed by atoms with Gasteiger partial charge >= 0.3 is 5.97 Å². The van der Waals surface area contributed by atoms with Crippen LogP contribution in [0, 0.1) is 0 Å². The van der Waals surface area contributed by atoms with E-state index in [1.165, 1.54) is 0 Å². The molecule has 0 spiro atoms. The highest BCUT2D eigenvalue weighted by Gasteiger charge is 2.22. The average Bonchev–Trinajstić information content (AvgIpc) is 2.90. The van der Waals surface area contributed by atoms with Gasteiger partial charge in [0.05, 0.1) is 5.69 Å². The second-order valence-corrected chi connectivity index (χ2v) is 6.13. The molecular weight excluding hydrogens is 336 g/mol.